The standard InChI is InChI=1S/C9H12N4OS/c1-5(2)7-8(14)13(10)9(12-11-7)15-6(3)4/h1,3,10H2,2,4H3. The highest BCUT2D eigenvalue weighted by Gasteiger charge is 2.10. The maximum atomic E-state index is 11.6. The molecule has 80 valence electrons. The molecule has 0 fully saturated rings. The number of rotatable bonds is 3. The minimum Gasteiger partial charge on any atom is -0.334 e. The van der Waals surface area contributed by atoms with Gasteiger partial charge in [0.05, 0.1) is 0 Å². The molecule has 0 aliphatic heterocycles. The number of aromatic nitrogens is 3. The second-order valence-corrected chi connectivity index (χ2v) is 4.36. The molecule has 1 heterocycles. The highest BCUT2D eigenvalue weighted by molar-refractivity contribution is 8.02. The first-order valence-corrected chi connectivity index (χ1v) is 4.99. The van der Waals surface area contributed by atoms with Crippen molar-refractivity contribution in [3.8, 4) is 0 Å². The van der Waals surface area contributed by atoms with Crippen molar-refractivity contribution in [3.05, 3.63) is 34.1 Å². The fourth-order valence-corrected chi connectivity index (χ4v) is 1.45. The van der Waals surface area contributed by atoms with Crippen molar-refractivity contribution in [1.29, 1.82) is 0 Å². The molecule has 1 aromatic heterocycles. The van der Waals surface area contributed by atoms with Crippen molar-refractivity contribution >= 4 is 17.3 Å². The lowest BCUT2D eigenvalue weighted by Gasteiger charge is -2.06. The third-order valence-corrected chi connectivity index (χ3v) is 2.34. The van der Waals surface area contributed by atoms with Gasteiger partial charge in [0.2, 0.25) is 5.16 Å². The van der Waals surface area contributed by atoms with Crippen molar-refractivity contribution in [2.75, 3.05) is 5.84 Å². The average molecular weight is 224 g/mol. The van der Waals surface area contributed by atoms with E-state index in [4.69, 9.17) is 5.84 Å². The normalized spacial score (nSPS) is 10.0. The Bertz CT molecular complexity index is 477. The average Bonchev–Trinajstić information content (AvgIpc) is 2.12. The Labute approximate surface area is 91.7 Å². The van der Waals surface area contributed by atoms with Gasteiger partial charge in [0.15, 0.2) is 5.69 Å². The number of nitrogens with zero attached hydrogens (tertiary/aromatic N) is 3. The van der Waals surface area contributed by atoms with Crippen LogP contribution in [0, 0.1) is 0 Å². The summed E-state index contributed by atoms with van der Waals surface area (Å²) >= 11 is 1.20. The lowest BCUT2D eigenvalue weighted by Crippen LogP contribution is -2.33. The Morgan fingerprint density at radius 1 is 1.40 bits per heavy atom. The predicted octanol–water partition coefficient (Wildman–Crippen LogP) is 1.01. The van der Waals surface area contributed by atoms with Crippen LogP contribution in [0.5, 0.6) is 0 Å². The number of allylic oxidation sites excluding steroid dienone is 2. The van der Waals surface area contributed by atoms with E-state index in [2.05, 4.69) is 23.4 Å². The zero-order chi connectivity index (χ0) is 11.6. The van der Waals surface area contributed by atoms with E-state index in [1.807, 2.05) is 0 Å². The van der Waals surface area contributed by atoms with Crippen LogP contribution in [0.2, 0.25) is 0 Å². The fraction of sp³-hybridized carbons (Fsp3) is 0.222. The Balaban J connectivity index is 3.27. The minimum atomic E-state index is -0.402. The summed E-state index contributed by atoms with van der Waals surface area (Å²) in [5.74, 6) is 5.57. The summed E-state index contributed by atoms with van der Waals surface area (Å²) in [4.78, 5) is 12.4. The van der Waals surface area contributed by atoms with Crippen LogP contribution in [-0.4, -0.2) is 14.9 Å². The van der Waals surface area contributed by atoms with Gasteiger partial charge in [0, 0.05) is 0 Å². The van der Waals surface area contributed by atoms with E-state index in [-0.39, 0.29) is 5.69 Å². The lowest BCUT2D eigenvalue weighted by molar-refractivity contribution is 0.692. The number of thioether (sulfide) groups is 1. The Morgan fingerprint density at radius 3 is 2.47 bits per heavy atom. The molecule has 0 aliphatic rings. The smallest absolute Gasteiger partial charge is 0.299 e. The van der Waals surface area contributed by atoms with Gasteiger partial charge in [-0.2, -0.15) is 4.68 Å². The molecular weight excluding hydrogens is 212 g/mol. The number of nitrogens with two attached hydrogens (primary N) is 1. The molecule has 0 atom stereocenters. The largest absolute Gasteiger partial charge is 0.334 e. The highest BCUT2D eigenvalue weighted by Crippen LogP contribution is 2.19. The van der Waals surface area contributed by atoms with Gasteiger partial charge >= 0.3 is 0 Å². The van der Waals surface area contributed by atoms with Gasteiger partial charge in [-0.05, 0) is 24.3 Å². The molecule has 1 rings (SSSR count). The maximum absolute atomic E-state index is 11.6. The van der Waals surface area contributed by atoms with Crippen LogP contribution < -0.4 is 11.4 Å². The van der Waals surface area contributed by atoms with Crippen LogP contribution in [0.25, 0.3) is 5.57 Å². The number of hydrogen-bond acceptors (Lipinski definition) is 5. The van der Waals surface area contributed by atoms with E-state index in [9.17, 15) is 4.79 Å². The van der Waals surface area contributed by atoms with Gasteiger partial charge in [-0.25, -0.2) is 0 Å². The van der Waals surface area contributed by atoms with Gasteiger partial charge in [-0.3, -0.25) is 4.79 Å². The molecule has 0 saturated carbocycles. The first kappa shape index (κ1) is 11.5. The molecule has 0 amide bonds. The van der Waals surface area contributed by atoms with E-state index in [1.54, 1.807) is 13.8 Å². The molecule has 0 aromatic carbocycles. The molecule has 0 bridgehead atoms. The van der Waals surface area contributed by atoms with Crippen LogP contribution >= 0.6 is 11.8 Å². The second kappa shape index (κ2) is 4.31. The summed E-state index contributed by atoms with van der Waals surface area (Å²) in [5, 5.41) is 7.91. The van der Waals surface area contributed by atoms with Crippen molar-refractivity contribution in [3.63, 3.8) is 0 Å². The monoisotopic (exact) mass is 224 g/mol. The molecule has 15 heavy (non-hydrogen) atoms. The first-order chi connectivity index (χ1) is 6.93. The predicted molar refractivity (Wildman–Crippen MR) is 61.8 cm³/mol. The second-order valence-electron chi connectivity index (χ2n) is 3.09. The SMILES string of the molecule is C=C(C)Sc1nnc(C(=C)C)c(=O)n1N. The summed E-state index contributed by atoms with van der Waals surface area (Å²) in [6.45, 7) is 10.8. The molecule has 1 aromatic rings. The van der Waals surface area contributed by atoms with Gasteiger partial charge in [0.25, 0.3) is 5.56 Å². The van der Waals surface area contributed by atoms with Crippen LogP contribution in [0.3, 0.4) is 0 Å². The van der Waals surface area contributed by atoms with E-state index < -0.39 is 5.56 Å². The summed E-state index contributed by atoms with van der Waals surface area (Å²) < 4.78 is 0.955. The van der Waals surface area contributed by atoms with Crippen molar-refractivity contribution in [1.82, 2.24) is 14.9 Å². The van der Waals surface area contributed by atoms with Crippen molar-refractivity contribution < 1.29 is 0 Å². The van der Waals surface area contributed by atoms with Gasteiger partial charge in [-0.15, -0.1) is 10.2 Å². The minimum absolute atomic E-state index is 0.184. The van der Waals surface area contributed by atoms with E-state index in [0.29, 0.717) is 10.7 Å². The maximum Gasteiger partial charge on any atom is 0.299 e. The molecule has 0 unspecified atom stereocenters. The molecule has 5 nitrogen and oxygen atoms in total. The molecular formula is C9H12N4OS. The summed E-state index contributed by atoms with van der Waals surface area (Å²) in [5.41, 5.74) is 0.323. The fourth-order valence-electron chi connectivity index (χ4n) is 0.878. The first-order valence-electron chi connectivity index (χ1n) is 4.17. The lowest BCUT2D eigenvalue weighted by atomic mass is 10.3. The molecule has 0 saturated heterocycles. The topological polar surface area (TPSA) is 73.8 Å². The third kappa shape index (κ3) is 2.47. The van der Waals surface area contributed by atoms with Crippen LogP contribution in [0.4, 0.5) is 0 Å². The summed E-state index contributed by atoms with van der Waals surface area (Å²) in [7, 11) is 0. The van der Waals surface area contributed by atoms with E-state index >= 15 is 0 Å². The summed E-state index contributed by atoms with van der Waals surface area (Å²) in [6, 6.07) is 0. The quantitative estimate of drug-likeness (QED) is 0.612. The molecule has 2 N–H and O–H groups in total. The van der Waals surface area contributed by atoms with Crippen LogP contribution in [0.15, 0.2) is 28.0 Å². The Kier molecular flexibility index (Phi) is 3.31. The van der Waals surface area contributed by atoms with E-state index in [0.717, 1.165) is 9.58 Å². The Morgan fingerprint density at radius 2 is 2.00 bits per heavy atom. The van der Waals surface area contributed by atoms with E-state index in [1.165, 1.54) is 11.8 Å². The Hall–Kier alpha value is -1.56. The van der Waals surface area contributed by atoms with Gasteiger partial charge in [-0.1, -0.05) is 24.9 Å². The number of hydrogen-bond donors (Lipinski definition) is 1. The van der Waals surface area contributed by atoms with Crippen LogP contribution in [0.1, 0.15) is 19.5 Å². The van der Waals surface area contributed by atoms with Gasteiger partial charge < -0.3 is 5.84 Å². The van der Waals surface area contributed by atoms with Crippen LogP contribution in [-0.2, 0) is 0 Å². The molecule has 6 heteroatoms. The third-order valence-electron chi connectivity index (χ3n) is 1.53. The van der Waals surface area contributed by atoms with Gasteiger partial charge in [0.1, 0.15) is 0 Å². The zero-order valence-corrected chi connectivity index (χ0v) is 9.47. The highest BCUT2D eigenvalue weighted by atomic mass is 32.2. The van der Waals surface area contributed by atoms with Crippen molar-refractivity contribution in [2.45, 2.75) is 19.0 Å². The molecule has 0 radical (unpaired) electrons. The molecule has 0 aliphatic carbocycles. The summed E-state index contributed by atoms with van der Waals surface area (Å²) in [6.07, 6.45) is 0. The molecule has 0 spiro atoms. The van der Waals surface area contributed by atoms with Crippen molar-refractivity contribution in [2.24, 2.45) is 0 Å². The zero-order valence-electron chi connectivity index (χ0n) is 8.65. The number of nitrogen functional groups attached to an aromatic ring is 1.